The van der Waals surface area contributed by atoms with Crippen LogP contribution in [-0.4, -0.2) is 49.0 Å². The van der Waals surface area contributed by atoms with Crippen molar-refractivity contribution >= 4 is 10.2 Å². The van der Waals surface area contributed by atoms with Crippen LogP contribution in [-0.2, 0) is 14.2 Å². The van der Waals surface area contributed by atoms with Crippen LogP contribution in [0.3, 0.4) is 0 Å². The van der Waals surface area contributed by atoms with Crippen LogP contribution >= 0.6 is 0 Å². The standard InChI is InChI=1S/C7H13O3Si/c1-8-3-2-7(11)10-5-6-4-9-6/h6-7H,2-5H2,1H3. The molecule has 0 spiro atoms. The molecule has 0 amide bonds. The molecule has 1 fully saturated rings. The summed E-state index contributed by atoms with van der Waals surface area (Å²) >= 11 is 0. The molecule has 4 heteroatoms. The van der Waals surface area contributed by atoms with Gasteiger partial charge >= 0.3 is 0 Å². The van der Waals surface area contributed by atoms with Gasteiger partial charge < -0.3 is 14.2 Å². The molecule has 0 bridgehead atoms. The molecule has 1 aliphatic heterocycles. The largest absolute Gasteiger partial charge is 0.385 e. The third kappa shape index (κ3) is 4.52. The van der Waals surface area contributed by atoms with Crippen LogP contribution in [0.15, 0.2) is 0 Å². The fourth-order valence-electron chi connectivity index (χ4n) is 0.696. The predicted octanol–water partition coefficient (Wildman–Crippen LogP) is -0.0671. The second kappa shape index (κ2) is 4.87. The van der Waals surface area contributed by atoms with Crippen LogP contribution in [0.5, 0.6) is 0 Å². The minimum Gasteiger partial charge on any atom is -0.385 e. The van der Waals surface area contributed by atoms with Crippen molar-refractivity contribution in [3.8, 4) is 0 Å². The van der Waals surface area contributed by atoms with Crippen LogP contribution in [0.1, 0.15) is 6.42 Å². The molecule has 1 heterocycles. The van der Waals surface area contributed by atoms with Gasteiger partial charge in [0.2, 0.25) is 0 Å². The van der Waals surface area contributed by atoms with Gasteiger partial charge in [-0.1, -0.05) is 0 Å². The van der Waals surface area contributed by atoms with Crippen molar-refractivity contribution in [2.75, 3.05) is 26.9 Å². The van der Waals surface area contributed by atoms with Crippen molar-refractivity contribution < 1.29 is 14.2 Å². The summed E-state index contributed by atoms with van der Waals surface area (Å²) < 4.78 is 15.3. The van der Waals surface area contributed by atoms with Gasteiger partial charge in [-0.2, -0.15) is 0 Å². The van der Waals surface area contributed by atoms with Gasteiger partial charge in [-0.3, -0.25) is 0 Å². The zero-order valence-electron chi connectivity index (χ0n) is 6.71. The van der Waals surface area contributed by atoms with E-state index in [0.29, 0.717) is 12.7 Å². The fourth-order valence-corrected chi connectivity index (χ4v) is 0.910. The molecule has 63 valence electrons. The average Bonchev–Trinajstić information content (AvgIpc) is 2.80. The molecule has 11 heavy (non-hydrogen) atoms. The Hall–Kier alpha value is 0.0969. The van der Waals surface area contributed by atoms with Gasteiger partial charge in [-0.25, -0.2) is 0 Å². The van der Waals surface area contributed by atoms with Crippen LogP contribution in [0.2, 0.25) is 0 Å². The Labute approximate surface area is 70.4 Å². The van der Waals surface area contributed by atoms with Crippen molar-refractivity contribution in [1.29, 1.82) is 0 Å². The minimum absolute atomic E-state index is 0.0964. The predicted molar refractivity (Wildman–Crippen MR) is 41.7 cm³/mol. The molecule has 1 rings (SSSR count). The van der Waals surface area contributed by atoms with Gasteiger partial charge in [0.1, 0.15) is 6.10 Å². The molecule has 2 atom stereocenters. The lowest BCUT2D eigenvalue weighted by Crippen LogP contribution is -2.18. The van der Waals surface area contributed by atoms with Gasteiger partial charge in [-0.05, 0) is 6.42 Å². The Morgan fingerprint density at radius 2 is 2.45 bits per heavy atom. The van der Waals surface area contributed by atoms with Crippen LogP contribution < -0.4 is 0 Å². The smallest absolute Gasteiger partial charge is 0.104 e. The highest BCUT2D eigenvalue weighted by atomic mass is 28.1. The van der Waals surface area contributed by atoms with Crippen molar-refractivity contribution in [3.63, 3.8) is 0 Å². The van der Waals surface area contributed by atoms with Crippen molar-refractivity contribution in [3.05, 3.63) is 0 Å². The summed E-state index contributed by atoms with van der Waals surface area (Å²) in [6, 6.07) is 0. The Morgan fingerprint density at radius 3 is 3.00 bits per heavy atom. The van der Waals surface area contributed by atoms with Gasteiger partial charge in [0.05, 0.1) is 23.5 Å². The lowest BCUT2D eigenvalue weighted by molar-refractivity contribution is 0.0669. The monoisotopic (exact) mass is 173 g/mol. The first-order valence-corrected chi connectivity index (χ1v) is 4.34. The van der Waals surface area contributed by atoms with Crippen molar-refractivity contribution in [2.45, 2.75) is 18.3 Å². The molecule has 0 N–H and O–H groups in total. The van der Waals surface area contributed by atoms with Gasteiger partial charge in [0.25, 0.3) is 0 Å². The maximum absolute atomic E-state index is 5.38. The average molecular weight is 173 g/mol. The highest BCUT2D eigenvalue weighted by Gasteiger charge is 2.23. The lowest BCUT2D eigenvalue weighted by atomic mass is 10.4. The number of epoxide rings is 1. The first-order valence-electron chi connectivity index (χ1n) is 3.76. The first kappa shape index (κ1) is 9.19. The Kier molecular flexibility index (Phi) is 4.07. The number of methoxy groups -OCH3 is 1. The number of ether oxygens (including phenoxy) is 3. The molecule has 1 aliphatic rings. The maximum atomic E-state index is 5.38. The summed E-state index contributed by atoms with van der Waals surface area (Å²) in [5, 5.41) is 0. The third-order valence-corrected chi connectivity index (χ3v) is 1.93. The highest BCUT2D eigenvalue weighted by molar-refractivity contribution is 6.10. The van der Waals surface area contributed by atoms with E-state index in [1.54, 1.807) is 7.11 Å². The lowest BCUT2D eigenvalue weighted by Gasteiger charge is -2.10. The fraction of sp³-hybridized carbons (Fsp3) is 1.00. The summed E-state index contributed by atoms with van der Waals surface area (Å²) in [4.78, 5) is 0. The molecule has 1 saturated heterocycles. The molecule has 3 nitrogen and oxygen atoms in total. The minimum atomic E-state index is 0.0964. The quantitative estimate of drug-likeness (QED) is 0.416. The molecular formula is C7H13O3Si. The second-order valence-corrected chi connectivity index (χ2v) is 3.20. The molecule has 0 aliphatic carbocycles. The molecule has 0 aromatic carbocycles. The van der Waals surface area contributed by atoms with Gasteiger partial charge in [0.15, 0.2) is 0 Å². The molecule has 0 saturated carbocycles. The topological polar surface area (TPSA) is 31.0 Å². The Morgan fingerprint density at radius 1 is 1.73 bits per heavy atom. The van der Waals surface area contributed by atoms with E-state index in [0.717, 1.165) is 19.6 Å². The molecule has 2 unspecified atom stereocenters. The van der Waals surface area contributed by atoms with Crippen molar-refractivity contribution in [1.82, 2.24) is 0 Å². The summed E-state index contributed by atoms with van der Waals surface area (Å²) in [5.74, 6) is 0. The normalized spacial score (nSPS) is 25.1. The van der Waals surface area contributed by atoms with E-state index in [4.69, 9.17) is 14.2 Å². The van der Waals surface area contributed by atoms with E-state index in [2.05, 4.69) is 10.2 Å². The second-order valence-electron chi connectivity index (χ2n) is 2.56. The molecular weight excluding hydrogens is 160 g/mol. The van der Waals surface area contributed by atoms with Crippen LogP contribution in [0, 0.1) is 0 Å². The Balaban J connectivity index is 1.87. The summed E-state index contributed by atoms with van der Waals surface area (Å²) in [7, 11) is 5.11. The van der Waals surface area contributed by atoms with Gasteiger partial charge in [-0.15, -0.1) is 0 Å². The SMILES string of the molecule is COCCC([Si])OCC1CO1. The van der Waals surface area contributed by atoms with E-state index >= 15 is 0 Å². The van der Waals surface area contributed by atoms with E-state index in [1.807, 2.05) is 0 Å². The first-order chi connectivity index (χ1) is 5.33. The van der Waals surface area contributed by atoms with Gasteiger partial charge in [0, 0.05) is 19.4 Å². The zero-order chi connectivity index (χ0) is 8.10. The summed E-state index contributed by atoms with van der Waals surface area (Å²) in [6.45, 7) is 2.26. The Bertz CT molecular complexity index is 106. The maximum Gasteiger partial charge on any atom is 0.104 e. The summed E-state index contributed by atoms with van der Waals surface area (Å²) in [5.41, 5.74) is 0.0964. The summed E-state index contributed by atoms with van der Waals surface area (Å²) in [6.07, 6.45) is 1.22. The number of hydrogen-bond acceptors (Lipinski definition) is 3. The third-order valence-electron chi connectivity index (χ3n) is 1.47. The molecule has 3 radical (unpaired) electrons. The van der Waals surface area contributed by atoms with E-state index in [1.165, 1.54) is 0 Å². The number of hydrogen-bond donors (Lipinski definition) is 0. The van der Waals surface area contributed by atoms with E-state index < -0.39 is 0 Å². The van der Waals surface area contributed by atoms with Crippen molar-refractivity contribution in [2.24, 2.45) is 0 Å². The zero-order valence-corrected chi connectivity index (χ0v) is 7.71. The van der Waals surface area contributed by atoms with Crippen LogP contribution in [0.4, 0.5) is 0 Å². The van der Waals surface area contributed by atoms with Crippen LogP contribution in [0.25, 0.3) is 0 Å². The van der Waals surface area contributed by atoms with E-state index in [-0.39, 0.29) is 5.73 Å². The highest BCUT2D eigenvalue weighted by Crippen LogP contribution is 2.09. The molecule has 0 aromatic heterocycles. The van der Waals surface area contributed by atoms with E-state index in [9.17, 15) is 0 Å². The molecule has 0 aromatic rings. The number of rotatable bonds is 6.